The summed E-state index contributed by atoms with van der Waals surface area (Å²) in [7, 11) is 0. The van der Waals surface area contributed by atoms with Crippen LogP contribution >= 0.6 is 15.9 Å². The maximum atomic E-state index is 12.6. The molecule has 2 aromatic carbocycles. The first kappa shape index (κ1) is 19.3. The highest BCUT2D eigenvalue weighted by atomic mass is 79.9. The second kappa shape index (κ2) is 8.95. The standard InChI is InChI=1S/C21H22BrN3O2/c1-15(2)21(26)25(14-16-6-4-3-5-7-16)13-12-19-23-20(24-27-19)17-8-10-18(22)11-9-17/h3-11,15H,12-14H2,1-2H3. The molecule has 6 heteroatoms. The van der Waals surface area contributed by atoms with E-state index in [4.69, 9.17) is 4.52 Å². The Hall–Kier alpha value is -2.47. The molecule has 1 aromatic heterocycles. The van der Waals surface area contributed by atoms with Crippen molar-refractivity contribution in [1.29, 1.82) is 0 Å². The smallest absolute Gasteiger partial charge is 0.228 e. The Morgan fingerprint density at radius 2 is 1.81 bits per heavy atom. The van der Waals surface area contributed by atoms with Gasteiger partial charge in [-0.3, -0.25) is 4.79 Å². The quantitative estimate of drug-likeness (QED) is 0.546. The number of halogens is 1. The largest absolute Gasteiger partial charge is 0.339 e. The van der Waals surface area contributed by atoms with Crippen molar-refractivity contribution in [2.45, 2.75) is 26.8 Å². The first-order valence-corrected chi connectivity index (χ1v) is 9.73. The van der Waals surface area contributed by atoms with Gasteiger partial charge in [0.05, 0.1) is 0 Å². The summed E-state index contributed by atoms with van der Waals surface area (Å²) in [6, 6.07) is 17.7. The molecule has 0 spiro atoms. The molecule has 27 heavy (non-hydrogen) atoms. The third-order valence-electron chi connectivity index (χ3n) is 4.19. The number of benzene rings is 2. The molecule has 0 saturated heterocycles. The van der Waals surface area contributed by atoms with Crippen molar-refractivity contribution in [3.05, 3.63) is 70.5 Å². The molecule has 3 aromatic rings. The van der Waals surface area contributed by atoms with Gasteiger partial charge < -0.3 is 9.42 Å². The van der Waals surface area contributed by atoms with Gasteiger partial charge in [0.25, 0.3) is 0 Å². The Labute approximate surface area is 167 Å². The molecular weight excluding hydrogens is 406 g/mol. The molecule has 0 atom stereocenters. The van der Waals surface area contributed by atoms with Crippen molar-refractivity contribution in [3.63, 3.8) is 0 Å². The highest BCUT2D eigenvalue weighted by molar-refractivity contribution is 9.10. The summed E-state index contributed by atoms with van der Waals surface area (Å²) in [5.74, 6) is 1.14. The highest BCUT2D eigenvalue weighted by Gasteiger charge is 2.19. The van der Waals surface area contributed by atoms with Gasteiger partial charge in [0.1, 0.15) is 0 Å². The summed E-state index contributed by atoms with van der Waals surface area (Å²) in [4.78, 5) is 18.9. The van der Waals surface area contributed by atoms with Gasteiger partial charge in [0.15, 0.2) is 0 Å². The van der Waals surface area contributed by atoms with Crippen LogP contribution in [0.3, 0.4) is 0 Å². The zero-order chi connectivity index (χ0) is 19.2. The minimum Gasteiger partial charge on any atom is -0.339 e. The maximum absolute atomic E-state index is 12.6. The van der Waals surface area contributed by atoms with Crippen molar-refractivity contribution >= 4 is 21.8 Å². The Morgan fingerprint density at radius 1 is 1.11 bits per heavy atom. The molecule has 0 saturated carbocycles. The van der Waals surface area contributed by atoms with Crippen molar-refractivity contribution in [2.75, 3.05) is 6.54 Å². The van der Waals surface area contributed by atoms with Crippen LogP contribution in [0.4, 0.5) is 0 Å². The van der Waals surface area contributed by atoms with Crippen LogP contribution in [0.2, 0.25) is 0 Å². The fraction of sp³-hybridized carbons (Fsp3) is 0.286. The number of aromatic nitrogens is 2. The summed E-state index contributed by atoms with van der Waals surface area (Å²) in [6.45, 7) is 4.94. The highest BCUT2D eigenvalue weighted by Crippen LogP contribution is 2.19. The van der Waals surface area contributed by atoms with Crippen molar-refractivity contribution in [1.82, 2.24) is 15.0 Å². The molecule has 1 amide bonds. The molecule has 0 N–H and O–H groups in total. The van der Waals surface area contributed by atoms with E-state index in [2.05, 4.69) is 26.1 Å². The average Bonchev–Trinajstić information content (AvgIpc) is 3.15. The molecule has 0 unspecified atom stereocenters. The van der Waals surface area contributed by atoms with Crippen LogP contribution in [-0.4, -0.2) is 27.5 Å². The Balaban J connectivity index is 1.68. The first-order valence-electron chi connectivity index (χ1n) is 8.94. The molecule has 0 aliphatic rings. The number of nitrogens with zero attached hydrogens (tertiary/aromatic N) is 3. The van der Waals surface area contributed by atoms with E-state index in [1.165, 1.54) is 0 Å². The van der Waals surface area contributed by atoms with Gasteiger partial charge in [0, 0.05) is 35.5 Å². The lowest BCUT2D eigenvalue weighted by Crippen LogP contribution is -2.35. The van der Waals surface area contributed by atoms with E-state index in [0.29, 0.717) is 31.2 Å². The molecule has 5 nitrogen and oxygen atoms in total. The third-order valence-corrected chi connectivity index (χ3v) is 4.72. The lowest BCUT2D eigenvalue weighted by atomic mass is 10.1. The van der Waals surface area contributed by atoms with Crippen molar-refractivity contribution in [3.8, 4) is 11.4 Å². The van der Waals surface area contributed by atoms with Gasteiger partial charge in [-0.2, -0.15) is 4.98 Å². The van der Waals surface area contributed by atoms with Crippen LogP contribution in [0, 0.1) is 5.92 Å². The molecular formula is C21H22BrN3O2. The molecule has 3 rings (SSSR count). The van der Waals surface area contributed by atoms with E-state index < -0.39 is 0 Å². The normalized spacial score (nSPS) is 11.0. The second-order valence-corrected chi connectivity index (χ2v) is 7.58. The third kappa shape index (κ3) is 5.26. The number of hydrogen-bond donors (Lipinski definition) is 0. The van der Waals surface area contributed by atoms with Gasteiger partial charge >= 0.3 is 0 Å². The zero-order valence-electron chi connectivity index (χ0n) is 15.4. The van der Waals surface area contributed by atoms with Gasteiger partial charge in [-0.15, -0.1) is 0 Å². The molecule has 0 aliphatic heterocycles. The van der Waals surface area contributed by atoms with Crippen molar-refractivity contribution in [2.24, 2.45) is 5.92 Å². The summed E-state index contributed by atoms with van der Waals surface area (Å²) < 4.78 is 6.38. The Bertz CT molecular complexity index is 876. The van der Waals surface area contributed by atoms with Gasteiger partial charge in [-0.05, 0) is 29.8 Å². The van der Waals surface area contributed by atoms with Crippen LogP contribution in [0.15, 0.2) is 63.6 Å². The van der Waals surface area contributed by atoms with Crippen LogP contribution in [0.5, 0.6) is 0 Å². The van der Waals surface area contributed by atoms with Crippen LogP contribution in [0.25, 0.3) is 11.4 Å². The predicted molar refractivity (Wildman–Crippen MR) is 108 cm³/mol. The summed E-state index contributed by atoms with van der Waals surface area (Å²) in [5, 5.41) is 4.05. The van der Waals surface area contributed by atoms with Gasteiger partial charge in [-0.1, -0.05) is 65.3 Å². The Kier molecular flexibility index (Phi) is 6.40. The molecule has 0 aliphatic carbocycles. The number of rotatable bonds is 7. The number of carbonyl (C=O) groups excluding carboxylic acids is 1. The predicted octanol–water partition coefficient (Wildman–Crippen LogP) is 4.73. The zero-order valence-corrected chi connectivity index (χ0v) is 17.0. The average molecular weight is 428 g/mol. The minimum absolute atomic E-state index is 0.0604. The number of hydrogen-bond acceptors (Lipinski definition) is 4. The summed E-state index contributed by atoms with van der Waals surface area (Å²) in [5.41, 5.74) is 2.00. The topological polar surface area (TPSA) is 59.2 Å². The first-order chi connectivity index (χ1) is 13.0. The lowest BCUT2D eigenvalue weighted by molar-refractivity contribution is -0.135. The van der Waals surface area contributed by atoms with Gasteiger partial charge in [0.2, 0.25) is 17.6 Å². The summed E-state index contributed by atoms with van der Waals surface area (Å²) in [6.07, 6.45) is 0.523. The number of amides is 1. The van der Waals surface area contributed by atoms with E-state index in [-0.39, 0.29) is 11.8 Å². The SMILES string of the molecule is CC(C)C(=O)N(CCc1nc(-c2ccc(Br)cc2)no1)Cc1ccccc1. The van der Waals surface area contributed by atoms with Gasteiger partial charge in [-0.25, -0.2) is 0 Å². The fourth-order valence-corrected chi connectivity index (χ4v) is 3.00. The molecule has 140 valence electrons. The van der Waals surface area contributed by atoms with E-state index in [1.807, 2.05) is 73.3 Å². The lowest BCUT2D eigenvalue weighted by Gasteiger charge is -2.24. The maximum Gasteiger partial charge on any atom is 0.228 e. The van der Waals surface area contributed by atoms with Crippen LogP contribution < -0.4 is 0 Å². The summed E-state index contributed by atoms with van der Waals surface area (Å²) >= 11 is 3.41. The van der Waals surface area contributed by atoms with E-state index in [0.717, 1.165) is 15.6 Å². The Morgan fingerprint density at radius 3 is 2.48 bits per heavy atom. The molecule has 0 radical (unpaired) electrons. The van der Waals surface area contributed by atoms with E-state index in [1.54, 1.807) is 0 Å². The van der Waals surface area contributed by atoms with E-state index >= 15 is 0 Å². The molecule has 0 bridgehead atoms. The van der Waals surface area contributed by atoms with Crippen LogP contribution in [-0.2, 0) is 17.8 Å². The number of carbonyl (C=O) groups is 1. The van der Waals surface area contributed by atoms with Crippen LogP contribution in [0.1, 0.15) is 25.3 Å². The monoisotopic (exact) mass is 427 g/mol. The van der Waals surface area contributed by atoms with Crippen molar-refractivity contribution < 1.29 is 9.32 Å². The fourth-order valence-electron chi connectivity index (χ4n) is 2.74. The molecule has 0 fully saturated rings. The molecule has 1 heterocycles. The van der Waals surface area contributed by atoms with E-state index in [9.17, 15) is 4.79 Å². The second-order valence-electron chi connectivity index (χ2n) is 6.67. The minimum atomic E-state index is -0.0604.